The number of halogens is 2. The zero-order valence-corrected chi connectivity index (χ0v) is 13.8. The van der Waals surface area contributed by atoms with Gasteiger partial charge in [-0.3, -0.25) is 0 Å². The average molecular weight is 343 g/mol. The lowest BCUT2D eigenvalue weighted by Gasteiger charge is -2.14. The van der Waals surface area contributed by atoms with Gasteiger partial charge in [0, 0.05) is 11.4 Å². The van der Waals surface area contributed by atoms with Gasteiger partial charge in [0.05, 0.1) is 12.7 Å². The molecule has 0 aliphatic heterocycles. The largest absolute Gasteiger partial charge is 0.508 e. The van der Waals surface area contributed by atoms with Crippen LogP contribution in [-0.2, 0) is 6.42 Å². The molecule has 0 saturated heterocycles. The van der Waals surface area contributed by atoms with Gasteiger partial charge in [0.1, 0.15) is 17.3 Å². The summed E-state index contributed by atoms with van der Waals surface area (Å²) < 4.78 is 20.5. The van der Waals surface area contributed by atoms with Crippen molar-refractivity contribution in [3.8, 4) is 22.6 Å². The first kappa shape index (κ1) is 16.3. The Morgan fingerprint density at radius 3 is 2.54 bits per heavy atom. The lowest BCUT2D eigenvalue weighted by atomic mass is 9.97. The van der Waals surface area contributed by atoms with Crippen molar-refractivity contribution < 1.29 is 14.2 Å². The molecule has 0 aliphatic rings. The molecule has 3 aromatic rings. The molecular formula is C20H16ClFO2. The fourth-order valence-electron chi connectivity index (χ4n) is 2.71. The average Bonchev–Trinajstić information content (AvgIpc) is 2.56. The van der Waals surface area contributed by atoms with E-state index in [0.29, 0.717) is 33.9 Å². The summed E-state index contributed by atoms with van der Waals surface area (Å²) in [5.41, 5.74) is 2.40. The molecular weight excluding hydrogens is 327 g/mol. The second kappa shape index (κ2) is 6.93. The minimum atomic E-state index is -0.347. The van der Waals surface area contributed by atoms with Crippen molar-refractivity contribution in [3.63, 3.8) is 0 Å². The molecule has 0 radical (unpaired) electrons. The van der Waals surface area contributed by atoms with Crippen molar-refractivity contribution in [1.82, 2.24) is 0 Å². The van der Waals surface area contributed by atoms with E-state index in [1.165, 1.54) is 7.11 Å². The zero-order chi connectivity index (χ0) is 17.1. The Balaban J connectivity index is 2.08. The third kappa shape index (κ3) is 3.36. The highest BCUT2D eigenvalue weighted by Gasteiger charge is 2.16. The van der Waals surface area contributed by atoms with Gasteiger partial charge in [0.2, 0.25) is 0 Å². The summed E-state index contributed by atoms with van der Waals surface area (Å²) in [6.07, 6.45) is 0.373. The fourth-order valence-corrected chi connectivity index (χ4v) is 2.90. The first-order valence-corrected chi connectivity index (χ1v) is 7.85. The van der Waals surface area contributed by atoms with Gasteiger partial charge >= 0.3 is 0 Å². The molecule has 0 atom stereocenters. The van der Waals surface area contributed by atoms with Crippen molar-refractivity contribution in [2.45, 2.75) is 6.42 Å². The quantitative estimate of drug-likeness (QED) is 0.683. The smallest absolute Gasteiger partial charge is 0.138 e. The number of benzene rings is 3. The predicted octanol–water partition coefficient (Wildman–Crippen LogP) is 5.45. The van der Waals surface area contributed by atoms with Gasteiger partial charge in [-0.15, -0.1) is 0 Å². The third-order valence-electron chi connectivity index (χ3n) is 3.82. The Kier molecular flexibility index (Phi) is 4.72. The second-order valence-electron chi connectivity index (χ2n) is 5.47. The molecule has 0 aliphatic carbocycles. The molecule has 0 spiro atoms. The predicted molar refractivity (Wildman–Crippen MR) is 94.3 cm³/mol. The third-order valence-corrected chi connectivity index (χ3v) is 4.06. The number of hydrogen-bond acceptors (Lipinski definition) is 2. The summed E-state index contributed by atoms with van der Waals surface area (Å²) in [7, 11) is 1.51. The van der Waals surface area contributed by atoms with E-state index >= 15 is 4.39 Å². The summed E-state index contributed by atoms with van der Waals surface area (Å²) in [6, 6.07) is 17.3. The van der Waals surface area contributed by atoms with E-state index in [-0.39, 0.29) is 11.6 Å². The van der Waals surface area contributed by atoms with Crippen molar-refractivity contribution in [2.75, 3.05) is 7.11 Å². The van der Waals surface area contributed by atoms with Crippen LogP contribution < -0.4 is 4.74 Å². The standard InChI is InChI=1S/C20H16ClFO2/c1-24-18-9-8-15(10-13-4-2-7-17(23)11-13)20(22)19(18)14-5-3-6-16(21)12-14/h2-9,11-12,23H,10H2,1H3. The van der Waals surface area contributed by atoms with Gasteiger partial charge in [-0.25, -0.2) is 4.39 Å². The summed E-state index contributed by atoms with van der Waals surface area (Å²) in [5, 5.41) is 10.1. The van der Waals surface area contributed by atoms with Crippen LogP contribution in [0.4, 0.5) is 4.39 Å². The maximum atomic E-state index is 15.1. The molecule has 1 N–H and O–H groups in total. The first-order valence-electron chi connectivity index (χ1n) is 7.47. The van der Waals surface area contributed by atoms with E-state index in [0.717, 1.165) is 5.56 Å². The molecule has 0 unspecified atom stereocenters. The molecule has 0 heterocycles. The number of aromatic hydroxyl groups is 1. The summed E-state index contributed by atoms with van der Waals surface area (Å²) >= 11 is 6.04. The van der Waals surface area contributed by atoms with Gasteiger partial charge in [0.15, 0.2) is 0 Å². The van der Waals surface area contributed by atoms with Crippen LogP contribution in [0.1, 0.15) is 11.1 Å². The van der Waals surface area contributed by atoms with E-state index < -0.39 is 0 Å². The molecule has 3 aromatic carbocycles. The molecule has 0 aromatic heterocycles. The Bertz CT molecular complexity index is 877. The number of phenols is 1. The lowest BCUT2D eigenvalue weighted by Crippen LogP contribution is -1.98. The SMILES string of the molecule is COc1ccc(Cc2cccc(O)c2)c(F)c1-c1cccc(Cl)c1. The topological polar surface area (TPSA) is 29.5 Å². The number of ether oxygens (including phenoxy) is 1. The van der Waals surface area contributed by atoms with Gasteiger partial charge in [-0.2, -0.15) is 0 Å². The van der Waals surface area contributed by atoms with Crippen LogP contribution in [0.3, 0.4) is 0 Å². The van der Waals surface area contributed by atoms with E-state index in [2.05, 4.69) is 0 Å². The van der Waals surface area contributed by atoms with Crippen LogP contribution in [0.5, 0.6) is 11.5 Å². The molecule has 0 fully saturated rings. The van der Waals surface area contributed by atoms with Gasteiger partial charge < -0.3 is 9.84 Å². The highest BCUT2D eigenvalue weighted by atomic mass is 35.5. The van der Waals surface area contributed by atoms with Crippen LogP contribution in [0.2, 0.25) is 5.02 Å². The van der Waals surface area contributed by atoms with Crippen molar-refractivity contribution in [1.29, 1.82) is 0 Å². The Hall–Kier alpha value is -2.52. The van der Waals surface area contributed by atoms with Crippen LogP contribution in [0.25, 0.3) is 11.1 Å². The Morgan fingerprint density at radius 2 is 1.83 bits per heavy atom. The van der Waals surface area contributed by atoms with Gasteiger partial charge in [0.25, 0.3) is 0 Å². The minimum Gasteiger partial charge on any atom is -0.508 e. The molecule has 122 valence electrons. The Labute approximate surface area is 145 Å². The summed E-state index contributed by atoms with van der Waals surface area (Å²) in [6.45, 7) is 0. The number of phenolic OH excluding ortho intramolecular Hbond substituents is 1. The number of hydrogen-bond donors (Lipinski definition) is 1. The minimum absolute atomic E-state index is 0.163. The molecule has 24 heavy (non-hydrogen) atoms. The monoisotopic (exact) mass is 342 g/mol. The normalized spacial score (nSPS) is 10.6. The van der Waals surface area contributed by atoms with E-state index in [1.54, 1.807) is 54.6 Å². The van der Waals surface area contributed by atoms with Gasteiger partial charge in [-0.1, -0.05) is 41.9 Å². The van der Waals surface area contributed by atoms with E-state index in [1.807, 2.05) is 6.07 Å². The van der Waals surface area contributed by atoms with Crippen LogP contribution in [0.15, 0.2) is 60.7 Å². The van der Waals surface area contributed by atoms with Crippen LogP contribution in [-0.4, -0.2) is 12.2 Å². The molecule has 0 amide bonds. The number of methoxy groups -OCH3 is 1. The first-order chi connectivity index (χ1) is 11.6. The molecule has 0 saturated carbocycles. The van der Waals surface area contributed by atoms with Crippen molar-refractivity contribution in [3.05, 3.63) is 82.6 Å². The molecule has 2 nitrogen and oxygen atoms in total. The second-order valence-corrected chi connectivity index (χ2v) is 5.91. The van der Waals surface area contributed by atoms with Crippen molar-refractivity contribution in [2.24, 2.45) is 0 Å². The maximum Gasteiger partial charge on any atom is 0.138 e. The van der Waals surface area contributed by atoms with Crippen LogP contribution in [0, 0.1) is 5.82 Å². The highest BCUT2D eigenvalue weighted by Crippen LogP contribution is 2.36. The van der Waals surface area contributed by atoms with E-state index in [4.69, 9.17) is 16.3 Å². The van der Waals surface area contributed by atoms with Crippen molar-refractivity contribution >= 4 is 11.6 Å². The Morgan fingerprint density at radius 1 is 1.04 bits per heavy atom. The zero-order valence-electron chi connectivity index (χ0n) is 13.1. The van der Waals surface area contributed by atoms with Gasteiger partial charge in [-0.05, 0) is 47.0 Å². The number of rotatable bonds is 4. The molecule has 4 heteroatoms. The molecule has 3 rings (SSSR count). The maximum absolute atomic E-state index is 15.1. The van der Waals surface area contributed by atoms with E-state index in [9.17, 15) is 5.11 Å². The lowest BCUT2D eigenvalue weighted by molar-refractivity contribution is 0.413. The summed E-state index contributed by atoms with van der Waals surface area (Å²) in [5.74, 6) is 0.269. The van der Waals surface area contributed by atoms with Crippen LogP contribution >= 0.6 is 11.6 Å². The molecule has 0 bridgehead atoms. The fraction of sp³-hybridized carbons (Fsp3) is 0.100. The summed E-state index contributed by atoms with van der Waals surface area (Å²) in [4.78, 5) is 0. The highest BCUT2D eigenvalue weighted by molar-refractivity contribution is 6.30.